The molecule has 1 N–H and O–H groups in total. The molecule has 4 rings (SSSR count). The molecule has 0 atom stereocenters. The van der Waals surface area contributed by atoms with E-state index in [9.17, 15) is 9.90 Å². The largest absolute Gasteiger partial charge is 0.479 e. The van der Waals surface area contributed by atoms with Crippen LogP contribution in [0.3, 0.4) is 0 Å². The van der Waals surface area contributed by atoms with Crippen molar-refractivity contribution in [1.29, 1.82) is 0 Å². The van der Waals surface area contributed by atoms with E-state index < -0.39 is 11.5 Å². The molecule has 0 radical (unpaired) electrons. The zero-order valence-corrected chi connectivity index (χ0v) is 14.0. The highest BCUT2D eigenvalue weighted by Crippen LogP contribution is 2.52. The van der Waals surface area contributed by atoms with Crippen molar-refractivity contribution in [2.24, 2.45) is 11.8 Å². The molecule has 0 spiro atoms. The molecule has 1 aromatic carbocycles. The van der Waals surface area contributed by atoms with E-state index in [0.717, 1.165) is 5.56 Å². The predicted octanol–water partition coefficient (Wildman–Crippen LogP) is 2.38. The Bertz CT molecular complexity index is 736. The summed E-state index contributed by atoms with van der Waals surface area (Å²) in [5, 5.41) is 22.0. The topological polar surface area (TPSA) is 90.1 Å². The third-order valence-corrected chi connectivity index (χ3v) is 5.59. The predicted molar refractivity (Wildman–Crippen MR) is 88.4 cm³/mol. The molecular weight excluding hydrogens is 320 g/mol. The van der Waals surface area contributed by atoms with E-state index in [4.69, 9.17) is 4.74 Å². The first kappa shape index (κ1) is 16.2. The molecule has 2 aliphatic carbocycles. The smallest absolute Gasteiger partial charge is 0.333 e. The molecule has 2 saturated carbocycles. The summed E-state index contributed by atoms with van der Waals surface area (Å²) in [6.07, 6.45) is 4.93. The highest BCUT2D eigenvalue weighted by atomic mass is 16.5. The molecule has 2 aromatic rings. The first-order valence-electron chi connectivity index (χ1n) is 8.82. The van der Waals surface area contributed by atoms with Gasteiger partial charge in [0, 0.05) is 0 Å². The van der Waals surface area contributed by atoms with Crippen LogP contribution in [0.15, 0.2) is 30.3 Å². The van der Waals surface area contributed by atoms with Crippen molar-refractivity contribution in [2.75, 3.05) is 0 Å². The van der Waals surface area contributed by atoms with Crippen LogP contribution in [-0.2, 0) is 28.3 Å². The molecule has 25 heavy (non-hydrogen) atoms. The van der Waals surface area contributed by atoms with Crippen LogP contribution in [0.4, 0.5) is 0 Å². The van der Waals surface area contributed by atoms with E-state index in [1.54, 1.807) is 0 Å². The Morgan fingerprint density at radius 3 is 2.60 bits per heavy atom. The summed E-state index contributed by atoms with van der Waals surface area (Å²) in [6, 6.07) is 9.84. The number of nitrogens with zero attached hydrogens (tertiary/aromatic N) is 4. The summed E-state index contributed by atoms with van der Waals surface area (Å²) < 4.78 is 5.60. The lowest BCUT2D eigenvalue weighted by Gasteiger charge is -2.48. The second kappa shape index (κ2) is 6.55. The maximum absolute atomic E-state index is 11.8. The van der Waals surface area contributed by atoms with Gasteiger partial charge in [0.2, 0.25) is 0 Å². The van der Waals surface area contributed by atoms with Crippen molar-refractivity contribution < 1.29 is 14.6 Å². The van der Waals surface area contributed by atoms with Crippen molar-refractivity contribution in [2.45, 2.75) is 50.9 Å². The lowest BCUT2D eigenvalue weighted by molar-refractivity contribution is -0.161. The summed E-state index contributed by atoms with van der Waals surface area (Å²) in [4.78, 5) is 13.1. The molecule has 0 amide bonds. The third kappa shape index (κ3) is 3.04. The fraction of sp³-hybridized carbons (Fsp3) is 0.556. The van der Waals surface area contributed by atoms with Crippen LogP contribution in [0.5, 0.6) is 0 Å². The molecule has 0 bridgehead atoms. The van der Waals surface area contributed by atoms with E-state index in [2.05, 4.69) is 15.4 Å². The second-order valence-corrected chi connectivity index (χ2v) is 7.17. The maximum Gasteiger partial charge on any atom is 0.333 e. The third-order valence-electron chi connectivity index (χ3n) is 5.59. The molecular formula is C18H22N4O3. The number of hydrogen-bond acceptors (Lipinski definition) is 5. The van der Waals surface area contributed by atoms with E-state index in [1.807, 2.05) is 30.3 Å². The molecule has 2 fully saturated rings. The van der Waals surface area contributed by atoms with E-state index >= 15 is 0 Å². The van der Waals surface area contributed by atoms with Crippen LogP contribution < -0.4 is 0 Å². The van der Waals surface area contributed by atoms with Gasteiger partial charge in [0.25, 0.3) is 0 Å². The summed E-state index contributed by atoms with van der Waals surface area (Å²) in [5.41, 5.74) is 0.0459. The molecule has 0 saturated heterocycles. The number of carboxylic acids is 1. The van der Waals surface area contributed by atoms with Gasteiger partial charge in [0.1, 0.15) is 6.61 Å². The molecule has 7 heteroatoms. The quantitative estimate of drug-likeness (QED) is 0.831. The normalized spacial score (nSPS) is 26.0. The summed E-state index contributed by atoms with van der Waals surface area (Å²) in [5.74, 6) is 0.721. The van der Waals surface area contributed by atoms with Gasteiger partial charge in [-0.1, -0.05) is 49.6 Å². The first-order valence-corrected chi connectivity index (χ1v) is 8.82. The van der Waals surface area contributed by atoms with Gasteiger partial charge in [-0.25, -0.2) is 4.79 Å². The molecule has 1 aromatic heterocycles. The molecule has 132 valence electrons. The molecule has 0 aliphatic heterocycles. The fourth-order valence-electron chi connectivity index (χ4n) is 3.79. The van der Waals surface area contributed by atoms with E-state index in [1.165, 1.54) is 24.1 Å². The Hall–Kier alpha value is -2.28. The van der Waals surface area contributed by atoms with Gasteiger partial charge in [-0.15, -0.1) is 15.0 Å². The number of benzene rings is 1. The number of carboxylic acid groups (broad SMARTS) is 1. The molecule has 1 heterocycles. The van der Waals surface area contributed by atoms with Crippen molar-refractivity contribution >= 4 is 5.97 Å². The van der Waals surface area contributed by atoms with Gasteiger partial charge in [-0.2, -0.15) is 0 Å². The summed E-state index contributed by atoms with van der Waals surface area (Å²) in [6.45, 7) is 0.680. The second-order valence-electron chi connectivity index (χ2n) is 7.17. The van der Waals surface area contributed by atoms with Gasteiger partial charge < -0.3 is 9.84 Å². The number of tetrazole rings is 1. The van der Waals surface area contributed by atoms with Crippen LogP contribution >= 0.6 is 0 Å². The molecule has 0 unspecified atom stereocenters. The van der Waals surface area contributed by atoms with Gasteiger partial charge in [0.15, 0.2) is 11.4 Å². The minimum Gasteiger partial charge on any atom is -0.479 e. The fourth-order valence-corrected chi connectivity index (χ4v) is 3.79. The van der Waals surface area contributed by atoms with Crippen molar-refractivity contribution in [3.8, 4) is 0 Å². The maximum atomic E-state index is 11.8. The SMILES string of the molecule is O=C(O)C1(n2nnc(COCc3ccccc3)n2)CC(C2CCC2)C1. The van der Waals surface area contributed by atoms with Crippen molar-refractivity contribution in [1.82, 2.24) is 20.2 Å². The zero-order chi connectivity index (χ0) is 17.3. The Kier molecular flexibility index (Phi) is 4.25. The standard InChI is InChI=1S/C18H22N4O3/c23-17(24)18(9-15(10-18)14-7-4-8-14)22-20-16(19-21-22)12-25-11-13-5-2-1-3-6-13/h1-3,5-6,14-15H,4,7-12H2,(H,23,24). The van der Waals surface area contributed by atoms with E-state index in [-0.39, 0.29) is 6.61 Å². The molecule has 2 aliphatic rings. The lowest BCUT2D eigenvalue weighted by Crippen LogP contribution is -2.56. The number of ether oxygens (including phenoxy) is 1. The Morgan fingerprint density at radius 2 is 1.96 bits per heavy atom. The summed E-state index contributed by atoms with van der Waals surface area (Å²) in [7, 11) is 0. The van der Waals surface area contributed by atoms with Gasteiger partial charge in [-0.05, 0) is 35.5 Å². The van der Waals surface area contributed by atoms with E-state index in [0.29, 0.717) is 37.1 Å². The van der Waals surface area contributed by atoms with Crippen LogP contribution in [0.1, 0.15) is 43.5 Å². The van der Waals surface area contributed by atoms with Crippen molar-refractivity contribution in [3.05, 3.63) is 41.7 Å². The van der Waals surface area contributed by atoms with Crippen LogP contribution in [0.2, 0.25) is 0 Å². The summed E-state index contributed by atoms with van der Waals surface area (Å²) >= 11 is 0. The zero-order valence-electron chi connectivity index (χ0n) is 14.0. The number of rotatable bonds is 7. The van der Waals surface area contributed by atoms with Crippen LogP contribution in [-0.4, -0.2) is 31.3 Å². The number of hydrogen-bond donors (Lipinski definition) is 1. The highest BCUT2D eigenvalue weighted by molar-refractivity contribution is 5.77. The van der Waals surface area contributed by atoms with Gasteiger partial charge >= 0.3 is 5.97 Å². The first-order chi connectivity index (χ1) is 12.2. The Morgan fingerprint density at radius 1 is 1.20 bits per heavy atom. The van der Waals surface area contributed by atoms with Crippen molar-refractivity contribution in [3.63, 3.8) is 0 Å². The lowest BCUT2D eigenvalue weighted by atomic mass is 9.59. The van der Waals surface area contributed by atoms with Gasteiger partial charge in [0.05, 0.1) is 6.61 Å². The average molecular weight is 342 g/mol. The van der Waals surface area contributed by atoms with Gasteiger partial charge in [-0.3, -0.25) is 0 Å². The number of carbonyl (C=O) groups is 1. The average Bonchev–Trinajstić information content (AvgIpc) is 2.98. The Balaban J connectivity index is 1.37. The van der Waals surface area contributed by atoms with Crippen LogP contribution in [0, 0.1) is 11.8 Å². The molecule has 7 nitrogen and oxygen atoms in total. The number of aliphatic carboxylic acids is 1. The highest BCUT2D eigenvalue weighted by Gasteiger charge is 2.56. The van der Waals surface area contributed by atoms with Crippen LogP contribution in [0.25, 0.3) is 0 Å². The number of aromatic nitrogens is 4. The minimum absolute atomic E-state index is 0.219. The monoisotopic (exact) mass is 342 g/mol. The Labute approximate surface area is 146 Å². The minimum atomic E-state index is -1.02.